The molecule has 0 aliphatic carbocycles. The van der Waals surface area contributed by atoms with E-state index in [4.69, 9.17) is 4.74 Å². The molecule has 1 N–H and O–H groups in total. The highest BCUT2D eigenvalue weighted by Crippen LogP contribution is 2.13. The summed E-state index contributed by atoms with van der Waals surface area (Å²) in [6.07, 6.45) is 6.69. The summed E-state index contributed by atoms with van der Waals surface area (Å²) >= 11 is 0. The molecule has 2 unspecified atom stereocenters. The second kappa shape index (κ2) is 6.58. The molecule has 2 atom stereocenters. The predicted octanol–water partition coefficient (Wildman–Crippen LogP) is 1.63. The minimum atomic E-state index is 0.619. The first kappa shape index (κ1) is 12.3. The number of rotatable bonds is 5. The Labute approximate surface area is 99.5 Å². The molecule has 3 nitrogen and oxygen atoms in total. The molecular weight excluding hydrogens is 200 g/mol. The van der Waals surface area contributed by atoms with Crippen molar-refractivity contribution in [1.29, 1.82) is 0 Å². The van der Waals surface area contributed by atoms with E-state index in [0.29, 0.717) is 6.04 Å². The Hall–Kier alpha value is -0.120. The maximum atomic E-state index is 5.36. The molecule has 0 amide bonds. The molecule has 0 saturated carbocycles. The zero-order valence-corrected chi connectivity index (χ0v) is 10.6. The lowest BCUT2D eigenvalue weighted by atomic mass is 10.1. The predicted molar refractivity (Wildman–Crippen MR) is 66.7 cm³/mol. The summed E-state index contributed by atoms with van der Waals surface area (Å²) in [6.45, 7) is 8.00. The summed E-state index contributed by atoms with van der Waals surface area (Å²) in [6, 6.07) is 1.36. The summed E-state index contributed by atoms with van der Waals surface area (Å²) in [7, 11) is 0. The molecule has 0 aromatic rings. The number of nitrogens with zero attached hydrogens (tertiary/aromatic N) is 1. The summed E-state index contributed by atoms with van der Waals surface area (Å²) in [5.74, 6) is 0. The van der Waals surface area contributed by atoms with Gasteiger partial charge in [0.25, 0.3) is 0 Å². The Morgan fingerprint density at radius 2 is 2.12 bits per heavy atom. The first-order valence-electron chi connectivity index (χ1n) is 6.91. The summed E-state index contributed by atoms with van der Waals surface area (Å²) in [5.41, 5.74) is 0. The van der Waals surface area contributed by atoms with Gasteiger partial charge in [0.05, 0.1) is 6.61 Å². The lowest BCUT2D eigenvalue weighted by Gasteiger charge is -2.32. The zero-order valence-electron chi connectivity index (χ0n) is 10.6. The third kappa shape index (κ3) is 3.72. The van der Waals surface area contributed by atoms with Crippen LogP contribution in [0.4, 0.5) is 0 Å². The smallest absolute Gasteiger partial charge is 0.0620 e. The van der Waals surface area contributed by atoms with E-state index in [1.165, 1.54) is 45.2 Å². The summed E-state index contributed by atoms with van der Waals surface area (Å²) < 4.78 is 5.36. The first-order chi connectivity index (χ1) is 7.86. The first-order valence-corrected chi connectivity index (χ1v) is 6.91. The second-order valence-corrected chi connectivity index (χ2v) is 5.25. The van der Waals surface area contributed by atoms with Gasteiger partial charge in [0.1, 0.15) is 0 Å². The van der Waals surface area contributed by atoms with Crippen molar-refractivity contribution in [3.05, 3.63) is 0 Å². The number of nitrogens with one attached hydrogen (secondary N) is 1. The standard InChI is InChI=1S/C13H26N2O/c1-12(15-8-3-2-4-9-15)5-7-14-13-6-10-16-11-13/h12-14H,2-11H2,1H3. The number of likely N-dealkylation sites (tertiary alicyclic amines) is 1. The van der Waals surface area contributed by atoms with Crippen LogP contribution >= 0.6 is 0 Å². The molecule has 2 aliphatic rings. The topological polar surface area (TPSA) is 24.5 Å². The van der Waals surface area contributed by atoms with Crippen molar-refractivity contribution < 1.29 is 4.74 Å². The van der Waals surface area contributed by atoms with Crippen molar-refractivity contribution in [1.82, 2.24) is 10.2 Å². The van der Waals surface area contributed by atoms with Crippen LogP contribution in [0.2, 0.25) is 0 Å². The lowest BCUT2D eigenvalue weighted by molar-refractivity contribution is 0.163. The molecule has 0 aromatic carbocycles. The summed E-state index contributed by atoms with van der Waals surface area (Å²) in [4.78, 5) is 2.65. The van der Waals surface area contributed by atoms with Crippen LogP contribution in [0.5, 0.6) is 0 Å². The fourth-order valence-electron chi connectivity index (χ4n) is 2.73. The Balaban J connectivity index is 1.57. The van der Waals surface area contributed by atoms with Gasteiger partial charge in [0, 0.05) is 18.7 Å². The number of hydrogen-bond donors (Lipinski definition) is 1. The molecule has 0 spiro atoms. The molecule has 16 heavy (non-hydrogen) atoms. The van der Waals surface area contributed by atoms with Crippen LogP contribution in [0.3, 0.4) is 0 Å². The van der Waals surface area contributed by atoms with E-state index in [2.05, 4.69) is 17.1 Å². The van der Waals surface area contributed by atoms with Gasteiger partial charge in [-0.3, -0.25) is 0 Å². The molecule has 0 bridgehead atoms. The van der Waals surface area contributed by atoms with E-state index in [9.17, 15) is 0 Å². The molecule has 2 heterocycles. The average molecular weight is 226 g/mol. The average Bonchev–Trinajstić information content (AvgIpc) is 2.83. The highest BCUT2D eigenvalue weighted by molar-refractivity contribution is 4.75. The Kier molecular flexibility index (Phi) is 5.07. The van der Waals surface area contributed by atoms with Gasteiger partial charge >= 0.3 is 0 Å². The molecule has 2 rings (SSSR count). The Bertz CT molecular complexity index is 186. The van der Waals surface area contributed by atoms with Gasteiger partial charge in [-0.15, -0.1) is 0 Å². The minimum Gasteiger partial charge on any atom is -0.380 e. The van der Waals surface area contributed by atoms with Crippen molar-refractivity contribution >= 4 is 0 Å². The quantitative estimate of drug-likeness (QED) is 0.771. The largest absolute Gasteiger partial charge is 0.380 e. The van der Waals surface area contributed by atoms with Crippen LogP contribution in [-0.2, 0) is 4.74 Å². The SMILES string of the molecule is CC(CCNC1CCOC1)N1CCCCC1. The third-order valence-electron chi connectivity index (χ3n) is 3.94. The van der Waals surface area contributed by atoms with Crippen molar-refractivity contribution in [2.75, 3.05) is 32.8 Å². The molecule has 0 aromatic heterocycles. The molecule has 0 radical (unpaired) electrons. The van der Waals surface area contributed by atoms with Crippen LogP contribution in [-0.4, -0.2) is 49.8 Å². The van der Waals surface area contributed by atoms with Gasteiger partial charge in [-0.2, -0.15) is 0 Å². The second-order valence-electron chi connectivity index (χ2n) is 5.25. The fraction of sp³-hybridized carbons (Fsp3) is 1.00. The number of ether oxygens (including phenoxy) is 1. The number of piperidine rings is 1. The molecular formula is C13H26N2O. The highest BCUT2D eigenvalue weighted by atomic mass is 16.5. The van der Waals surface area contributed by atoms with Crippen LogP contribution < -0.4 is 5.32 Å². The van der Waals surface area contributed by atoms with Crippen molar-refractivity contribution in [3.8, 4) is 0 Å². The zero-order chi connectivity index (χ0) is 11.2. The summed E-state index contributed by atoms with van der Waals surface area (Å²) in [5, 5.41) is 3.60. The third-order valence-corrected chi connectivity index (χ3v) is 3.94. The van der Waals surface area contributed by atoms with E-state index in [-0.39, 0.29) is 0 Å². The molecule has 2 aliphatic heterocycles. The molecule has 3 heteroatoms. The Morgan fingerprint density at radius 3 is 2.81 bits per heavy atom. The van der Waals surface area contributed by atoms with Gasteiger partial charge in [0.15, 0.2) is 0 Å². The van der Waals surface area contributed by atoms with Gasteiger partial charge in [-0.25, -0.2) is 0 Å². The van der Waals surface area contributed by atoms with Crippen LogP contribution in [0, 0.1) is 0 Å². The van der Waals surface area contributed by atoms with Gasteiger partial charge in [0.2, 0.25) is 0 Å². The van der Waals surface area contributed by atoms with Crippen LogP contribution in [0.25, 0.3) is 0 Å². The fourth-order valence-corrected chi connectivity index (χ4v) is 2.73. The minimum absolute atomic E-state index is 0.619. The molecule has 2 saturated heterocycles. The maximum absolute atomic E-state index is 5.36. The van der Waals surface area contributed by atoms with Crippen LogP contribution in [0.15, 0.2) is 0 Å². The van der Waals surface area contributed by atoms with Gasteiger partial charge in [-0.05, 0) is 52.2 Å². The molecule has 94 valence electrons. The van der Waals surface area contributed by atoms with Crippen molar-refractivity contribution in [3.63, 3.8) is 0 Å². The number of hydrogen-bond acceptors (Lipinski definition) is 3. The van der Waals surface area contributed by atoms with E-state index in [0.717, 1.165) is 25.8 Å². The lowest BCUT2D eigenvalue weighted by Crippen LogP contribution is -2.40. The van der Waals surface area contributed by atoms with Crippen LogP contribution in [0.1, 0.15) is 39.0 Å². The van der Waals surface area contributed by atoms with Crippen molar-refractivity contribution in [2.24, 2.45) is 0 Å². The highest BCUT2D eigenvalue weighted by Gasteiger charge is 2.18. The maximum Gasteiger partial charge on any atom is 0.0620 e. The van der Waals surface area contributed by atoms with E-state index in [1.54, 1.807) is 0 Å². The van der Waals surface area contributed by atoms with E-state index < -0.39 is 0 Å². The van der Waals surface area contributed by atoms with Gasteiger partial charge < -0.3 is 15.0 Å². The van der Waals surface area contributed by atoms with Gasteiger partial charge in [-0.1, -0.05) is 6.42 Å². The monoisotopic (exact) mass is 226 g/mol. The van der Waals surface area contributed by atoms with Crippen molar-refractivity contribution in [2.45, 2.75) is 51.1 Å². The Morgan fingerprint density at radius 1 is 1.31 bits per heavy atom. The molecule has 2 fully saturated rings. The van der Waals surface area contributed by atoms with E-state index in [1.807, 2.05) is 0 Å². The normalized spacial score (nSPS) is 29.4. The van der Waals surface area contributed by atoms with E-state index >= 15 is 0 Å².